The summed E-state index contributed by atoms with van der Waals surface area (Å²) in [7, 11) is -0.146. The second kappa shape index (κ2) is 14.0. The van der Waals surface area contributed by atoms with Crippen molar-refractivity contribution in [3.63, 3.8) is 0 Å². The zero-order valence-corrected chi connectivity index (χ0v) is 25.6. The van der Waals surface area contributed by atoms with Gasteiger partial charge in [0.05, 0.1) is 0 Å². The van der Waals surface area contributed by atoms with E-state index in [1.54, 1.807) is 0 Å². The van der Waals surface area contributed by atoms with E-state index in [1.807, 2.05) is 3.59 Å². The molecule has 0 aromatic carbocycles. The first-order valence-corrected chi connectivity index (χ1v) is 21.1. The zero-order valence-electron chi connectivity index (χ0n) is 22.8. The Labute approximate surface area is 200 Å². The van der Waals surface area contributed by atoms with Crippen molar-refractivity contribution in [1.29, 1.82) is 0 Å². The molecule has 4 heteroatoms. The molecule has 0 aliphatic carbocycles. The molecule has 182 valence electrons. The fourth-order valence-electron chi connectivity index (χ4n) is 5.14. The van der Waals surface area contributed by atoms with Gasteiger partial charge in [0, 0.05) is 0 Å². The van der Waals surface area contributed by atoms with Gasteiger partial charge in [-0.2, -0.15) is 0 Å². The predicted octanol–water partition coefficient (Wildman–Crippen LogP) is 9.29. The molecule has 0 N–H and O–H groups in total. The quantitative estimate of drug-likeness (QED) is 0.143. The summed E-state index contributed by atoms with van der Waals surface area (Å²) in [5, 5.41) is 0. The van der Waals surface area contributed by atoms with Crippen LogP contribution in [0.4, 0.5) is 0 Å². The predicted molar refractivity (Wildman–Crippen MR) is 142 cm³/mol. The Hall–Kier alpha value is 0.524. The molecule has 0 spiro atoms. The number of allylic oxidation sites excluding steroid dienone is 2. The molecule has 0 unspecified atom stereocenters. The maximum absolute atomic E-state index is 6.60. The summed E-state index contributed by atoms with van der Waals surface area (Å²) in [5.41, 5.74) is 0.982. The van der Waals surface area contributed by atoms with Crippen LogP contribution in [0, 0.1) is 0 Å². The molecule has 1 aliphatic heterocycles. The van der Waals surface area contributed by atoms with Crippen molar-refractivity contribution in [2.75, 3.05) is 0 Å². The molecule has 2 nitrogen and oxygen atoms in total. The molecule has 0 atom stereocenters. The Kier molecular flexibility index (Phi) is 13.4. The summed E-state index contributed by atoms with van der Waals surface area (Å²) in [6, 6.07) is 0. The molecular formula is C27H55BO2Sn. The Morgan fingerprint density at radius 1 is 0.645 bits per heavy atom. The fraction of sp³-hybridized carbons (Fsp3) is 0.926. The van der Waals surface area contributed by atoms with Crippen LogP contribution in [0.1, 0.15) is 133 Å². The van der Waals surface area contributed by atoms with Crippen LogP contribution < -0.4 is 0 Å². The van der Waals surface area contributed by atoms with Gasteiger partial charge in [-0.1, -0.05) is 0 Å². The van der Waals surface area contributed by atoms with E-state index in [4.69, 9.17) is 9.31 Å². The number of rotatable bonds is 16. The monoisotopic (exact) mass is 542 g/mol. The van der Waals surface area contributed by atoms with Crippen LogP contribution in [0.15, 0.2) is 9.06 Å². The Bertz CT molecular complexity index is 504. The van der Waals surface area contributed by atoms with Crippen molar-refractivity contribution >= 4 is 25.5 Å². The van der Waals surface area contributed by atoms with Crippen LogP contribution in [-0.4, -0.2) is 36.7 Å². The first kappa shape index (κ1) is 29.6. The van der Waals surface area contributed by atoms with E-state index >= 15 is 0 Å². The Morgan fingerprint density at radius 3 is 1.45 bits per heavy atom. The van der Waals surface area contributed by atoms with Crippen LogP contribution in [-0.2, 0) is 9.31 Å². The van der Waals surface area contributed by atoms with Crippen LogP contribution in [0.3, 0.4) is 0 Å². The second-order valence-electron chi connectivity index (χ2n) is 11.2. The standard InChI is InChI=1S/C15H28BO2.3C4H9.Sn/c1-7-8-9-10-11-12-13(2)16-17-14(3,4)15(5,6)18-16;3*1-3-4-2;/h7-11H2,1-6H3;3*1,3-4H2,2H3;. The molecule has 0 amide bonds. The first-order chi connectivity index (χ1) is 14.6. The Morgan fingerprint density at radius 2 is 1.06 bits per heavy atom. The third-order valence-electron chi connectivity index (χ3n) is 8.03. The van der Waals surface area contributed by atoms with E-state index in [1.165, 1.54) is 89.4 Å². The van der Waals surface area contributed by atoms with Crippen molar-refractivity contribution in [3.8, 4) is 0 Å². The molecule has 0 aromatic heterocycles. The minimum atomic E-state index is -2.51. The maximum atomic E-state index is 6.60. The van der Waals surface area contributed by atoms with Gasteiger partial charge in [0.1, 0.15) is 0 Å². The topological polar surface area (TPSA) is 18.5 Å². The molecule has 31 heavy (non-hydrogen) atoms. The van der Waals surface area contributed by atoms with Crippen LogP contribution >= 0.6 is 0 Å². The van der Waals surface area contributed by atoms with E-state index in [0.717, 1.165) is 0 Å². The Balaban J connectivity index is 3.41. The van der Waals surface area contributed by atoms with Gasteiger partial charge in [0.2, 0.25) is 0 Å². The summed E-state index contributed by atoms with van der Waals surface area (Å²) >= 11 is -2.51. The van der Waals surface area contributed by atoms with Crippen LogP contribution in [0.5, 0.6) is 0 Å². The van der Waals surface area contributed by atoms with Gasteiger partial charge in [-0.15, -0.1) is 0 Å². The normalized spacial score (nSPS) is 19.1. The molecule has 1 aliphatic rings. The molecule has 1 saturated heterocycles. The average molecular weight is 541 g/mol. The summed E-state index contributed by atoms with van der Waals surface area (Å²) < 4.78 is 19.7. The van der Waals surface area contributed by atoms with Crippen molar-refractivity contribution in [2.45, 2.75) is 157 Å². The van der Waals surface area contributed by atoms with E-state index in [0.29, 0.717) is 0 Å². The molecule has 1 rings (SSSR count). The molecule has 0 saturated carbocycles. The summed E-state index contributed by atoms with van der Waals surface area (Å²) in [5.74, 6) is 0. The van der Waals surface area contributed by atoms with E-state index < -0.39 is 18.4 Å². The van der Waals surface area contributed by atoms with Gasteiger partial charge >= 0.3 is 201 Å². The zero-order chi connectivity index (χ0) is 23.5. The number of hydrogen-bond donors (Lipinski definition) is 0. The average Bonchev–Trinajstić information content (AvgIpc) is 2.95. The summed E-state index contributed by atoms with van der Waals surface area (Å²) in [4.78, 5) is 0. The number of unbranched alkanes of at least 4 members (excludes halogenated alkanes) is 6. The molecule has 1 fully saturated rings. The van der Waals surface area contributed by atoms with Gasteiger partial charge in [0.25, 0.3) is 0 Å². The molecule has 0 aromatic rings. The third kappa shape index (κ3) is 8.35. The van der Waals surface area contributed by atoms with E-state index in [9.17, 15) is 0 Å². The molecular weight excluding hydrogens is 486 g/mol. The van der Waals surface area contributed by atoms with Crippen molar-refractivity contribution < 1.29 is 9.31 Å². The van der Waals surface area contributed by atoms with Crippen LogP contribution in [0.2, 0.25) is 13.3 Å². The van der Waals surface area contributed by atoms with Gasteiger partial charge < -0.3 is 0 Å². The molecule has 1 heterocycles. The van der Waals surface area contributed by atoms with E-state index in [-0.39, 0.29) is 18.3 Å². The van der Waals surface area contributed by atoms with E-state index in [2.05, 4.69) is 62.3 Å². The van der Waals surface area contributed by atoms with Crippen molar-refractivity contribution in [3.05, 3.63) is 9.06 Å². The SMILES string of the molecule is CCCCCC/[C](=C(\C)B1OC(C)(C)C(C)(C)O1)[Sn]([CH2]CCC)([CH2]CCC)[CH2]CCC. The van der Waals surface area contributed by atoms with Gasteiger partial charge in [-0.25, -0.2) is 0 Å². The molecule has 0 bridgehead atoms. The summed E-state index contributed by atoms with van der Waals surface area (Å²) in [6.07, 6.45) is 14.9. The van der Waals surface area contributed by atoms with Crippen LogP contribution in [0.25, 0.3) is 0 Å². The van der Waals surface area contributed by atoms with Gasteiger partial charge in [0.15, 0.2) is 0 Å². The van der Waals surface area contributed by atoms with Crippen molar-refractivity contribution in [2.24, 2.45) is 0 Å². The minimum absolute atomic E-state index is 0.146. The number of hydrogen-bond acceptors (Lipinski definition) is 2. The first-order valence-electron chi connectivity index (χ1n) is 13.7. The third-order valence-corrected chi connectivity index (χ3v) is 24.7. The molecule has 0 radical (unpaired) electrons. The fourth-order valence-corrected chi connectivity index (χ4v) is 23.4. The summed E-state index contributed by atoms with van der Waals surface area (Å²) in [6.45, 7) is 20.6. The second-order valence-corrected chi connectivity index (χ2v) is 24.5. The van der Waals surface area contributed by atoms with Gasteiger partial charge in [-0.05, 0) is 0 Å². The van der Waals surface area contributed by atoms with Gasteiger partial charge in [-0.3, -0.25) is 0 Å². The van der Waals surface area contributed by atoms with Crippen molar-refractivity contribution in [1.82, 2.24) is 0 Å².